The third-order valence-electron chi connectivity index (χ3n) is 7.98. The number of ether oxygens (including phenoxy) is 3. The van der Waals surface area contributed by atoms with Crippen molar-refractivity contribution in [2.45, 2.75) is 31.4 Å². The molecule has 0 amide bonds. The van der Waals surface area contributed by atoms with E-state index in [0.29, 0.717) is 34.6 Å². The van der Waals surface area contributed by atoms with Gasteiger partial charge in [0.15, 0.2) is 0 Å². The van der Waals surface area contributed by atoms with Gasteiger partial charge in [-0.1, -0.05) is 0 Å². The molecule has 2 N–H and O–H groups in total. The molecule has 1 unspecified atom stereocenters. The first-order valence-corrected chi connectivity index (χ1v) is 14.2. The second kappa shape index (κ2) is 12.3. The zero-order valence-electron chi connectivity index (χ0n) is 24.1. The number of methoxy groups -OCH3 is 2. The van der Waals surface area contributed by atoms with Crippen molar-refractivity contribution in [2.75, 3.05) is 63.0 Å². The van der Waals surface area contributed by atoms with Crippen LogP contribution in [0.3, 0.4) is 0 Å². The first-order chi connectivity index (χ1) is 20.5. The molecule has 220 valence electrons. The van der Waals surface area contributed by atoms with E-state index in [-0.39, 0.29) is 11.8 Å². The van der Waals surface area contributed by atoms with E-state index in [1.54, 1.807) is 38.6 Å². The summed E-state index contributed by atoms with van der Waals surface area (Å²) in [6, 6.07) is 12.5. The van der Waals surface area contributed by atoms with E-state index < -0.39 is 5.82 Å². The number of nitrogens with zero attached hydrogens (tertiary/aromatic N) is 5. The van der Waals surface area contributed by atoms with E-state index in [1.165, 1.54) is 12.4 Å². The van der Waals surface area contributed by atoms with Crippen LogP contribution in [0.25, 0.3) is 10.9 Å². The van der Waals surface area contributed by atoms with E-state index in [0.717, 1.165) is 62.3 Å². The zero-order chi connectivity index (χ0) is 29.1. The van der Waals surface area contributed by atoms with Gasteiger partial charge in [-0.15, -0.1) is 0 Å². The summed E-state index contributed by atoms with van der Waals surface area (Å²) in [6.45, 7) is 3.72. The van der Waals surface area contributed by atoms with Crippen molar-refractivity contribution in [1.29, 1.82) is 0 Å². The Labute approximate surface area is 244 Å². The first-order valence-electron chi connectivity index (χ1n) is 14.2. The number of anilines is 4. The predicted octanol–water partition coefficient (Wildman–Crippen LogP) is 5.44. The van der Waals surface area contributed by atoms with E-state index in [9.17, 15) is 0 Å². The Morgan fingerprint density at radius 2 is 1.74 bits per heavy atom. The summed E-state index contributed by atoms with van der Waals surface area (Å²) in [4.78, 5) is 17.8. The lowest BCUT2D eigenvalue weighted by atomic mass is 10.0. The molecule has 0 aliphatic carbocycles. The second-order valence-electron chi connectivity index (χ2n) is 10.8. The smallest absolute Gasteiger partial charge is 0.150 e. The average Bonchev–Trinajstić information content (AvgIpc) is 3.49. The van der Waals surface area contributed by atoms with Crippen molar-refractivity contribution in [3.8, 4) is 17.2 Å². The molecular weight excluding hydrogens is 537 g/mol. The summed E-state index contributed by atoms with van der Waals surface area (Å²) in [5.41, 5.74) is 1.84. The molecule has 11 heteroatoms. The molecule has 2 aliphatic rings. The summed E-state index contributed by atoms with van der Waals surface area (Å²) in [7, 11) is 5.52. The van der Waals surface area contributed by atoms with Gasteiger partial charge in [-0.2, -0.15) is 0 Å². The van der Waals surface area contributed by atoms with Crippen molar-refractivity contribution in [2.24, 2.45) is 0 Å². The molecule has 2 fully saturated rings. The summed E-state index contributed by atoms with van der Waals surface area (Å²) >= 11 is 0. The maximum absolute atomic E-state index is 15.3. The standard InChI is InChI=1S/C31H36FN7O3/c1-38-11-7-20(8-12-38)36-28-16-24-27(17-29(28)41-3)34-19-35-31(24)37-26-5-4-21(14-25(26)32)42-22-6-10-33-30(15-22)39-13-9-23(18-39)40-2/h4-6,10,14-17,19-20,23,36H,7-9,11-13,18H2,1-3H3,(H,34,35,37). The normalized spacial score (nSPS) is 17.9. The maximum Gasteiger partial charge on any atom is 0.150 e. The van der Waals surface area contributed by atoms with Gasteiger partial charge in [0.2, 0.25) is 0 Å². The molecular formula is C31H36FN7O3. The van der Waals surface area contributed by atoms with Gasteiger partial charge >= 0.3 is 0 Å². The van der Waals surface area contributed by atoms with Crippen LogP contribution in [0.15, 0.2) is 55.0 Å². The van der Waals surface area contributed by atoms with Crippen LogP contribution in [0, 0.1) is 5.82 Å². The van der Waals surface area contributed by atoms with E-state index in [4.69, 9.17) is 14.2 Å². The molecule has 0 spiro atoms. The Morgan fingerprint density at radius 3 is 2.50 bits per heavy atom. The van der Waals surface area contributed by atoms with Crippen LogP contribution in [0.2, 0.25) is 0 Å². The zero-order valence-corrected chi connectivity index (χ0v) is 24.1. The highest BCUT2D eigenvalue weighted by molar-refractivity contribution is 5.95. The second-order valence-corrected chi connectivity index (χ2v) is 10.8. The predicted molar refractivity (Wildman–Crippen MR) is 162 cm³/mol. The largest absolute Gasteiger partial charge is 0.495 e. The number of hydrogen-bond acceptors (Lipinski definition) is 10. The Morgan fingerprint density at radius 1 is 0.905 bits per heavy atom. The number of fused-ring (bicyclic) bond motifs is 1. The molecule has 1 atom stereocenters. The highest BCUT2D eigenvalue weighted by Gasteiger charge is 2.23. The summed E-state index contributed by atoms with van der Waals surface area (Å²) in [5.74, 6) is 2.52. The van der Waals surface area contributed by atoms with Crippen LogP contribution < -0.4 is 25.0 Å². The lowest BCUT2D eigenvalue weighted by Crippen LogP contribution is -2.36. The lowest BCUT2D eigenvalue weighted by molar-refractivity contribution is 0.121. The number of aromatic nitrogens is 3. The average molecular weight is 574 g/mol. The van der Waals surface area contributed by atoms with Crippen LogP contribution in [-0.2, 0) is 4.74 Å². The first kappa shape index (κ1) is 27.9. The van der Waals surface area contributed by atoms with Gasteiger partial charge in [0.25, 0.3) is 0 Å². The summed E-state index contributed by atoms with van der Waals surface area (Å²) in [6.07, 6.45) is 6.39. The number of halogens is 1. The van der Waals surface area contributed by atoms with Crippen LogP contribution >= 0.6 is 0 Å². The fourth-order valence-electron chi connectivity index (χ4n) is 5.53. The van der Waals surface area contributed by atoms with Gasteiger partial charge in [-0.25, -0.2) is 19.3 Å². The van der Waals surface area contributed by atoms with Crippen molar-refractivity contribution < 1.29 is 18.6 Å². The van der Waals surface area contributed by atoms with Crippen molar-refractivity contribution in [3.63, 3.8) is 0 Å². The molecule has 2 saturated heterocycles. The Kier molecular flexibility index (Phi) is 8.20. The van der Waals surface area contributed by atoms with Crippen molar-refractivity contribution >= 4 is 33.9 Å². The highest BCUT2D eigenvalue weighted by atomic mass is 19.1. The fourth-order valence-corrected chi connectivity index (χ4v) is 5.53. The van der Waals surface area contributed by atoms with Crippen LogP contribution in [-0.4, -0.2) is 79.4 Å². The minimum absolute atomic E-state index is 0.196. The molecule has 2 aromatic heterocycles. The van der Waals surface area contributed by atoms with Crippen LogP contribution in [0.5, 0.6) is 17.2 Å². The van der Waals surface area contributed by atoms with Crippen molar-refractivity contribution in [1.82, 2.24) is 19.9 Å². The number of piperidine rings is 1. The van der Waals surface area contributed by atoms with Gasteiger partial charge in [0, 0.05) is 56.0 Å². The quantitative estimate of drug-likeness (QED) is 0.269. The van der Waals surface area contributed by atoms with Crippen molar-refractivity contribution in [3.05, 3.63) is 60.8 Å². The molecule has 4 aromatic rings. The highest BCUT2D eigenvalue weighted by Crippen LogP contribution is 2.35. The van der Waals surface area contributed by atoms with E-state index in [1.807, 2.05) is 18.2 Å². The Balaban J connectivity index is 1.19. The summed E-state index contributed by atoms with van der Waals surface area (Å²) in [5, 5.41) is 7.54. The minimum atomic E-state index is -0.464. The molecule has 4 heterocycles. The van der Waals surface area contributed by atoms with E-state index in [2.05, 4.69) is 42.4 Å². The molecule has 42 heavy (non-hydrogen) atoms. The number of nitrogens with one attached hydrogen (secondary N) is 2. The number of pyridine rings is 1. The monoisotopic (exact) mass is 573 g/mol. The molecule has 0 saturated carbocycles. The maximum atomic E-state index is 15.3. The molecule has 0 radical (unpaired) electrons. The molecule has 2 aliphatic heterocycles. The number of hydrogen-bond donors (Lipinski definition) is 2. The van der Waals surface area contributed by atoms with Crippen LogP contribution in [0.4, 0.5) is 27.4 Å². The molecule has 2 aromatic carbocycles. The van der Waals surface area contributed by atoms with E-state index >= 15 is 4.39 Å². The van der Waals surface area contributed by atoms with Crippen LogP contribution in [0.1, 0.15) is 19.3 Å². The summed E-state index contributed by atoms with van der Waals surface area (Å²) < 4.78 is 32.4. The van der Waals surface area contributed by atoms with Gasteiger partial charge in [0.05, 0.1) is 30.1 Å². The van der Waals surface area contributed by atoms with Gasteiger partial charge in [0.1, 0.15) is 41.0 Å². The topological polar surface area (TPSA) is 96.9 Å². The minimum Gasteiger partial charge on any atom is -0.495 e. The molecule has 10 nitrogen and oxygen atoms in total. The van der Waals surface area contributed by atoms with Gasteiger partial charge < -0.3 is 34.6 Å². The third-order valence-corrected chi connectivity index (χ3v) is 7.98. The van der Waals surface area contributed by atoms with Gasteiger partial charge in [-0.05, 0) is 63.7 Å². The third kappa shape index (κ3) is 6.17. The number of rotatable bonds is 9. The Bertz CT molecular complexity index is 1550. The SMILES string of the molecule is COc1cc2ncnc(Nc3ccc(Oc4ccnc(N5CCC(OC)C5)c4)cc3F)c2cc1NC1CCN(C)CC1. The molecule has 6 rings (SSSR count). The fraction of sp³-hybridized carbons (Fsp3) is 0.387. The molecule has 0 bridgehead atoms. The number of likely N-dealkylation sites (tertiary alicyclic amines) is 1. The Hall–Kier alpha value is -4.22. The lowest BCUT2D eigenvalue weighted by Gasteiger charge is -2.30. The number of benzene rings is 2. The van der Waals surface area contributed by atoms with Gasteiger partial charge in [-0.3, -0.25) is 0 Å².